The molecular formula is C21H19F3N6O. The van der Waals surface area contributed by atoms with Crippen LogP contribution >= 0.6 is 0 Å². The van der Waals surface area contributed by atoms with Crippen molar-refractivity contribution in [2.24, 2.45) is 5.92 Å². The van der Waals surface area contributed by atoms with Crippen molar-refractivity contribution in [3.05, 3.63) is 60.6 Å². The minimum Gasteiger partial charge on any atom is -0.328 e. The van der Waals surface area contributed by atoms with Crippen LogP contribution in [0.4, 0.5) is 24.8 Å². The zero-order valence-electron chi connectivity index (χ0n) is 16.5. The number of halogens is 3. The monoisotopic (exact) mass is 428 g/mol. The minimum atomic E-state index is -4.41. The predicted molar refractivity (Wildman–Crippen MR) is 108 cm³/mol. The first-order valence-corrected chi connectivity index (χ1v) is 9.63. The number of nitrogens with zero attached hydrogens (tertiary/aromatic N) is 5. The smallest absolute Gasteiger partial charge is 0.328 e. The average Bonchev–Trinajstić information content (AvgIpc) is 3.23. The van der Waals surface area contributed by atoms with Gasteiger partial charge in [0.2, 0.25) is 11.9 Å². The van der Waals surface area contributed by atoms with Gasteiger partial charge in [-0.1, -0.05) is 6.07 Å². The van der Waals surface area contributed by atoms with Crippen LogP contribution in [-0.2, 0) is 4.79 Å². The second-order valence-corrected chi connectivity index (χ2v) is 7.32. The molecule has 2 atom stereocenters. The Balaban J connectivity index is 1.59. The molecule has 3 aromatic rings. The largest absolute Gasteiger partial charge is 0.393 e. The quantitative estimate of drug-likeness (QED) is 0.683. The topological polar surface area (TPSA) is 83.9 Å². The Bertz CT molecular complexity index is 1060. The van der Waals surface area contributed by atoms with Crippen LogP contribution in [0.2, 0.25) is 0 Å². The SMILES string of the molecule is Cc1ccc(NC(=O)[C@H]2C[C@@H](C(F)(F)F)CN2c2ncccn2)cc1-c1cccnn1. The molecule has 160 valence electrons. The van der Waals surface area contributed by atoms with Crippen LogP contribution in [0.25, 0.3) is 11.3 Å². The van der Waals surface area contributed by atoms with Gasteiger partial charge in [-0.25, -0.2) is 9.97 Å². The van der Waals surface area contributed by atoms with E-state index in [2.05, 4.69) is 25.5 Å². The Morgan fingerprint density at radius 2 is 1.90 bits per heavy atom. The molecule has 31 heavy (non-hydrogen) atoms. The van der Waals surface area contributed by atoms with Gasteiger partial charge in [0.1, 0.15) is 6.04 Å². The molecule has 1 fully saturated rings. The van der Waals surface area contributed by atoms with Crippen molar-refractivity contribution in [3.8, 4) is 11.3 Å². The highest BCUT2D eigenvalue weighted by atomic mass is 19.4. The van der Waals surface area contributed by atoms with E-state index >= 15 is 0 Å². The van der Waals surface area contributed by atoms with Gasteiger partial charge in [0.15, 0.2) is 0 Å². The van der Waals surface area contributed by atoms with Gasteiger partial charge in [0.05, 0.1) is 11.6 Å². The molecule has 1 aliphatic rings. The van der Waals surface area contributed by atoms with Crippen molar-refractivity contribution >= 4 is 17.5 Å². The first-order chi connectivity index (χ1) is 14.8. The Labute approximate surface area is 176 Å². The Morgan fingerprint density at radius 1 is 1.13 bits per heavy atom. The first kappa shape index (κ1) is 20.7. The standard InChI is InChI=1S/C21H19F3N6O/c1-13-5-6-15(11-16(13)17-4-2-9-27-29-17)28-19(31)18-10-14(21(22,23)24)12-30(18)20-25-7-3-8-26-20/h2-9,11,14,18H,10,12H2,1H3,(H,28,31)/t14-,18-/m1/s1. The Hall–Kier alpha value is -3.56. The van der Waals surface area contributed by atoms with Crippen molar-refractivity contribution < 1.29 is 18.0 Å². The summed E-state index contributed by atoms with van der Waals surface area (Å²) < 4.78 is 40.2. The zero-order chi connectivity index (χ0) is 22.0. The molecule has 1 N–H and O–H groups in total. The summed E-state index contributed by atoms with van der Waals surface area (Å²) in [4.78, 5) is 22.4. The maximum Gasteiger partial charge on any atom is 0.393 e. The van der Waals surface area contributed by atoms with Gasteiger partial charge < -0.3 is 10.2 Å². The van der Waals surface area contributed by atoms with E-state index < -0.39 is 24.0 Å². The molecule has 0 spiro atoms. The third-order valence-electron chi connectivity index (χ3n) is 5.23. The first-order valence-electron chi connectivity index (χ1n) is 9.63. The summed E-state index contributed by atoms with van der Waals surface area (Å²) in [6.45, 7) is 1.53. The van der Waals surface area contributed by atoms with E-state index in [-0.39, 0.29) is 18.9 Å². The molecule has 0 aliphatic carbocycles. The summed E-state index contributed by atoms with van der Waals surface area (Å²) in [5.41, 5.74) is 2.79. The van der Waals surface area contributed by atoms with Crippen LogP contribution in [0.5, 0.6) is 0 Å². The van der Waals surface area contributed by atoms with Crippen LogP contribution in [0.1, 0.15) is 12.0 Å². The van der Waals surface area contributed by atoms with E-state index in [1.54, 1.807) is 36.5 Å². The van der Waals surface area contributed by atoms with Crippen LogP contribution in [0, 0.1) is 12.8 Å². The fourth-order valence-electron chi connectivity index (χ4n) is 3.63. The number of carbonyl (C=O) groups excluding carboxylic acids is 1. The van der Waals surface area contributed by atoms with Crippen molar-refractivity contribution in [2.75, 3.05) is 16.8 Å². The molecule has 1 saturated heterocycles. The molecule has 0 saturated carbocycles. The zero-order valence-corrected chi connectivity index (χ0v) is 16.5. The summed E-state index contributed by atoms with van der Waals surface area (Å²) >= 11 is 0. The van der Waals surface area contributed by atoms with Gasteiger partial charge >= 0.3 is 6.18 Å². The van der Waals surface area contributed by atoms with E-state index in [0.717, 1.165) is 11.1 Å². The number of rotatable bonds is 4. The third-order valence-corrected chi connectivity index (χ3v) is 5.23. The molecule has 10 heteroatoms. The van der Waals surface area contributed by atoms with Gasteiger partial charge in [-0.15, -0.1) is 0 Å². The summed E-state index contributed by atoms with van der Waals surface area (Å²) in [5, 5.41) is 10.7. The van der Waals surface area contributed by atoms with Crippen molar-refractivity contribution in [1.29, 1.82) is 0 Å². The van der Waals surface area contributed by atoms with E-state index in [1.807, 2.05) is 13.0 Å². The lowest BCUT2D eigenvalue weighted by atomic mass is 10.0. The van der Waals surface area contributed by atoms with Gasteiger partial charge in [0.25, 0.3) is 0 Å². The number of hydrogen-bond acceptors (Lipinski definition) is 6. The second-order valence-electron chi connectivity index (χ2n) is 7.32. The molecule has 7 nitrogen and oxygen atoms in total. The second kappa shape index (κ2) is 8.29. The molecule has 1 aromatic carbocycles. The van der Waals surface area contributed by atoms with Crippen molar-refractivity contribution in [3.63, 3.8) is 0 Å². The van der Waals surface area contributed by atoms with Crippen molar-refractivity contribution in [1.82, 2.24) is 20.2 Å². The third kappa shape index (κ3) is 4.47. The molecule has 1 amide bonds. The summed E-state index contributed by atoms with van der Waals surface area (Å²) in [7, 11) is 0. The highest BCUT2D eigenvalue weighted by Gasteiger charge is 2.50. The molecule has 0 bridgehead atoms. The van der Waals surface area contributed by atoms with Crippen LogP contribution in [-0.4, -0.2) is 44.8 Å². The maximum absolute atomic E-state index is 13.4. The fourth-order valence-corrected chi connectivity index (χ4v) is 3.63. The summed E-state index contributed by atoms with van der Waals surface area (Å²) in [6.07, 6.45) is -0.347. The van der Waals surface area contributed by atoms with Crippen LogP contribution in [0.3, 0.4) is 0 Å². The van der Waals surface area contributed by atoms with Crippen LogP contribution in [0.15, 0.2) is 55.0 Å². The Kier molecular flexibility index (Phi) is 5.53. The number of anilines is 2. The number of hydrogen-bond donors (Lipinski definition) is 1. The number of nitrogens with one attached hydrogen (secondary N) is 1. The normalized spacial score (nSPS) is 18.8. The van der Waals surface area contributed by atoms with E-state index in [9.17, 15) is 18.0 Å². The lowest BCUT2D eigenvalue weighted by Crippen LogP contribution is -2.40. The highest BCUT2D eigenvalue weighted by molar-refractivity contribution is 5.97. The van der Waals surface area contributed by atoms with E-state index in [0.29, 0.717) is 11.4 Å². The van der Waals surface area contributed by atoms with Crippen LogP contribution < -0.4 is 10.2 Å². The molecule has 4 rings (SSSR count). The van der Waals surface area contributed by atoms with Gasteiger partial charge in [-0.2, -0.15) is 23.4 Å². The number of aryl methyl sites for hydroxylation is 1. The van der Waals surface area contributed by atoms with Gasteiger partial charge in [0, 0.05) is 36.4 Å². The Morgan fingerprint density at radius 3 is 2.58 bits per heavy atom. The molecule has 0 unspecified atom stereocenters. The predicted octanol–water partition coefficient (Wildman–Crippen LogP) is 3.64. The minimum absolute atomic E-state index is 0.0959. The molecule has 0 radical (unpaired) electrons. The van der Waals surface area contributed by atoms with Crippen molar-refractivity contribution in [2.45, 2.75) is 25.6 Å². The summed E-state index contributed by atoms with van der Waals surface area (Å²) in [5.74, 6) is -2.09. The number of alkyl halides is 3. The number of aromatic nitrogens is 4. The number of benzene rings is 1. The maximum atomic E-state index is 13.4. The lowest BCUT2D eigenvalue weighted by molar-refractivity contribution is -0.168. The van der Waals surface area contributed by atoms with Gasteiger partial charge in [-0.3, -0.25) is 4.79 Å². The molecule has 2 aromatic heterocycles. The van der Waals surface area contributed by atoms with Gasteiger partial charge in [-0.05, 0) is 49.2 Å². The fraction of sp³-hybridized carbons (Fsp3) is 0.286. The molecular weight excluding hydrogens is 409 g/mol. The average molecular weight is 428 g/mol. The summed E-state index contributed by atoms with van der Waals surface area (Å²) in [6, 6.07) is 9.31. The highest BCUT2D eigenvalue weighted by Crippen LogP contribution is 2.38. The molecule has 3 heterocycles. The number of carbonyl (C=O) groups is 1. The molecule has 1 aliphatic heterocycles. The van der Waals surface area contributed by atoms with E-state index in [4.69, 9.17) is 0 Å². The lowest BCUT2D eigenvalue weighted by Gasteiger charge is -2.23. The number of amides is 1. The van der Waals surface area contributed by atoms with E-state index in [1.165, 1.54) is 17.3 Å².